The van der Waals surface area contributed by atoms with Gasteiger partial charge in [0, 0.05) is 29.1 Å². The van der Waals surface area contributed by atoms with Gasteiger partial charge in [-0.3, -0.25) is 9.59 Å². The van der Waals surface area contributed by atoms with Gasteiger partial charge in [-0.15, -0.1) is 0 Å². The van der Waals surface area contributed by atoms with E-state index in [2.05, 4.69) is 10.6 Å². The van der Waals surface area contributed by atoms with Crippen LogP contribution in [0.2, 0.25) is 5.02 Å². The van der Waals surface area contributed by atoms with Crippen LogP contribution in [0.25, 0.3) is 0 Å². The van der Waals surface area contributed by atoms with Gasteiger partial charge in [-0.25, -0.2) is 0 Å². The zero-order valence-corrected chi connectivity index (χ0v) is 16.1. The van der Waals surface area contributed by atoms with Crippen molar-refractivity contribution in [1.29, 1.82) is 0 Å². The van der Waals surface area contributed by atoms with Crippen LogP contribution >= 0.6 is 11.6 Å². The Kier molecular flexibility index (Phi) is 4.72. The van der Waals surface area contributed by atoms with Crippen molar-refractivity contribution in [2.75, 3.05) is 11.9 Å². The molecule has 0 saturated heterocycles. The van der Waals surface area contributed by atoms with Gasteiger partial charge in [0.05, 0.1) is 0 Å². The minimum Gasteiger partial charge on any atom is -0.355 e. The third-order valence-corrected chi connectivity index (χ3v) is 6.86. The average molecular weight is 375 g/mol. The number of hydrogen-bond acceptors (Lipinski definition) is 2. The lowest BCUT2D eigenvalue weighted by Gasteiger charge is -2.55. The van der Waals surface area contributed by atoms with Gasteiger partial charge < -0.3 is 10.6 Å². The van der Waals surface area contributed by atoms with Crippen molar-refractivity contribution in [2.45, 2.75) is 51.9 Å². The highest BCUT2D eigenvalue weighted by atomic mass is 35.5. The first-order chi connectivity index (χ1) is 12.4. The molecule has 5 rings (SSSR count). The van der Waals surface area contributed by atoms with E-state index >= 15 is 0 Å². The fourth-order valence-corrected chi connectivity index (χ4v) is 6.07. The first-order valence-electron chi connectivity index (χ1n) is 9.78. The summed E-state index contributed by atoms with van der Waals surface area (Å²) in [6, 6.07) is 5.40. The SMILES string of the molecule is Cc1cc(Cl)ccc1NC(=O)CCNC(=O)C12CC3CC(CC(C3)C1)C2. The molecule has 4 bridgehead atoms. The lowest BCUT2D eigenvalue weighted by atomic mass is 9.49. The number of benzene rings is 1. The number of aryl methyl sites for hydroxylation is 1. The van der Waals surface area contributed by atoms with Crippen molar-refractivity contribution in [3.8, 4) is 0 Å². The topological polar surface area (TPSA) is 58.2 Å². The van der Waals surface area contributed by atoms with E-state index in [0.717, 1.165) is 48.3 Å². The van der Waals surface area contributed by atoms with E-state index in [1.54, 1.807) is 6.07 Å². The van der Waals surface area contributed by atoms with Crippen LogP contribution in [0.4, 0.5) is 5.69 Å². The molecule has 0 spiro atoms. The Bertz CT molecular complexity index is 695. The second-order valence-corrected chi connectivity index (χ2v) is 9.15. The molecule has 4 aliphatic carbocycles. The second-order valence-electron chi connectivity index (χ2n) is 8.71. The largest absolute Gasteiger partial charge is 0.355 e. The molecule has 1 aromatic rings. The quantitative estimate of drug-likeness (QED) is 0.806. The van der Waals surface area contributed by atoms with Crippen molar-refractivity contribution in [1.82, 2.24) is 5.32 Å². The van der Waals surface area contributed by atoms with Gasteiger partial charge in [0.2, 0.25) is 11.8 Å². The molecular weight excluding hydrogens is 348 g/mol. The van der Waals surface area contributed by atoms with Crippen LogP contribution in [0, 0.1) is 30.1 Å². The summed E-state index contributed by atoms with van der Waals surface area (Å²) < 4.78 is 0. The van der Waals surface area contributed by atoms with Crippen molar-refractivity contribution >= 4 is 29.1 Å². The fraction of sp³-hybridized carbons (Fsp3) is 0.619. The van der Waals surface area contributed by atoms with Crippen molar-refractivity contribution < 1.29 is 9.59 Å². The third-order valence-electron chi connectivity index (χ3n) is 6.62. The van der Waals surface area contributed by atoms with E-state index in [1.807, 2.05) is 19.1 Å². The molecule has 0 aliphatic heterocycles. The number of carbonyl (C=O) groups is 2. The highest BCUT2D eigenvalue weighted by Gasteiger charge is 2.54. The highest BCUT2D eigenvalue weighted by Crippen LogP contribution is 2.60. The van der Waals surface area contributed by atoms with Crippen LogP contribution in [0.3, 0.4) is 0 Å². The summed E-state index contributed by atoms with van der Waals surface area (Å²) in [6.07, 6.45) is 7.45. The number of halogens is 1. The zero-order chi connectivity index (χ0) is 18.3. The Labute approximate surface area is 160 Å². The predicted molar refractivity (Wildman–Crippen MR) is 103 cm³/mol. The molecule has 4 nitrogen and oxygen atoms in total. The first-order valence-corrected chi connectivity index (χ1v) is 10.2. The van der Waals surface area contributed by atoms with Crippen LogP contribution in [-0.2, 0) is 9.59 Å². The maximum atomic E-state index is 12.9. The molecule has 140 valence electrons. The minimum absolute atomic E-state index is 0.0822. The Morgan fingerprint density at radius 1 is 1.12 bits per heavy atom. The molecule has 0 heterocycles. The molecule has 4 aliphatic rings. The molecule has 4 fully saturated rings. The van der Waals surface area contributed by atoms with Crippen molar-refractivity contribution in [2.24, 2.45) is 23.2 Å². The monoisotopic (exact) mass is 374 g/mol. The van der Waals surface area contributed by atoms with Crippen LogP contribution in [0.1, 0.15) is 50.5 Å². The van der Waals surface area contributed by atoms with Crippen molar-refractivity contribution in [3.63, 3.8) is 0 Å². The maximum Gasteiger partial charge on any atom is 0.226 e. The number of amides is 2. The van der Waals surface area contributed by atoms with Crippen LogP contribution < -0.4 is 10.6 Å². The summed E-state index contributed by atoms with van der Waals surface area (Å²) in [5.74, 6) is 2.36. The summed E-state index contributed by atoms with van der Waals surface area (Å²) in [6.45, 7) is 2.31. The van der Waals surface area contributed by atoms with Gasteiger partial charge in [-0.2, -0.15) is 0 Å². The number of carbonyl (C=O) groups excluding carboxylic acids is 2. The standard InChI is InChI=1S/C21H27ClN2O2/c1-13-6-17(22)2-3-18(13)24-19(25)4-5-23-20(26)21-10-14-7-15(11-21)9-16(8-14)12-21/h2-3,6,14-16H,4-5,7-12H2,1H3,(H,23,26)(H,24,25). The Morgan fingerprint density at radius 2 is 1.73 bits per heavy atom. The normalized spacial score (nSPS) is 31.7. The Hall–Kier alpha value is -1.55. The maximum absolute atomic E-state index is 12.9. The Morgan fingerprint density at radius 3 is 2.31 bits per heavy atom. The minimum atomic E-state index is -0.141. The zero-order valence-electron chi connectivity index (χ0n) is 15.3. The number of anilines is 1. The third kappa shape index (κ3) is 3.48. The van der Waals surface area contributed by atoms with Gasteiger partial charge in [0.15, 0.2) is 0 Å². The highest BCUT2D eigenvalue weighted by molar-refractivity contribution is 6.30. The molecule has 4 saturated carbocycles. The van der Waals surface area contributed by atoms with E-state index < -0.39 is 0 Å². The summed E-state index contributed by atoms with van der Waals surface area (Å²) >= 11 is 5.94. The van der Waals surface area contributed by atoms with Crippen LogP contribution in [0.15, 0.2) is 18.2 Å². The second kappa shape index (κ2) is 6.88. The van der Waals surface area contributed by atoms with E-state index in [4.69, 9.17) is 11.6 Å². The summed E-state index contributed by atoms with van der Waals surface area (Å²) in [5.41, 5.74) is 1.56. The lowest BCUT2D eigenvalue weighted by Crippen LogP contribution is -2.53. The smallest absolute Gasteiger partial charge is 0.226 e. The molecule has 26 heavy (non-hydrogen) atoms. The van der Waals surface area contributed by atoms with Crippen LogP contribution in [-0.4, -0.2) is 18.4 Å². The van der Waals surface area contributed by atoms with E-state index in [-0.39, 0.29) is 17.2 Å². The molecule has 0 aromatic heterocycles. The van der Waals surface area contributed by atoms with Crippen LogP contribution in [0.5, 0.6) is 0 Å². The number of hydrogen-bond donors (Lipinski definition) is 2. The molecule has 2 amide bonds. The van der Waals surface area contributed by atoms with E-state index in [9.17, 15) is 9.59 Å². The molecule has 5 heteroatoms. The molecular formula is C21H27ClN2O2. The Balaban J connectivity index is 1.28. The van der Waals surface area contributed by atoms with Gasteiger partial charge >= 0.3 is 0 Å². The average Bonchev–Trinajstić information content (AvgIpc) is 2.56. The first kappa shape index (κ1) is 17.8. The summed E-state index contributed by atoms with van der Waals surface area (Å²) in [4.78, 5) is 25.1. The van der Waals surface area contributed by atoms with Gasteiger partial charge in [-0.1, -0.05) is 11.6 Å². The van der Waals surface area contributed by atoms with Gasteiger partial charge in [0.1, 0.15) is 0 Å². The molecule has 0 unspecified atom stereocenters. The van der Waals surface area contributed by atoms with Gasteiger partial charge in [0.25, 0.3) is 0 Å². The van der Waals surface area contributed by atoms with Gasteiger partial charge in [-0.05, 0) is 87.0 Å². The molecule has 0 atom stereocenters. The summed E-state index contributed by atoms with van der Waals surface area (Å²) in [7, 11) is 0. The lowest BCUT2D eigenvalue weighted by molar-refractivity contribution is -0.146. The molecule has 1 aromatic carbocycles. The molecule has 0 radical (unpaired) electrons. The van der Waals surface area contributed by atoms with E-state index in [0.29, 0.717) is 18.0 Å². The predicted octanol–water partition coefficient (Wildman–Crippen LogP) is 4.31. The number of nitrogens with one attached hydrogen (secondary N) is 2. The fourth-order valence-electron chi connectivity index (χ4n) is 5.85. The van der Waals surface area contributed by atoms with E-state index in [1.165, 1.54) is 19.3 Å². The summed E-state index contributed by atoms with van der Waals surface area (Å²) in [5, 5.41) is 6.61. The number of rotatable bonds is 5. The van der Waals surface area contributed by atoms with Crippen molar-refractivity contribution in [3.05, 3.63) is 28.8 Å². The molecule has 2 N–H and O–H groups in total.